The second kappa shape index (κ2) is 19.4. The molecule has 11 nitrogen and oxygen atoms in total. The van der Waals surface area contributed by atoms with Crippen molar-refractivity contribution in [2.24, 2.45) is 11.8 Å². The maximum atomic E-state index is 12.4. The highest BCUT2D eigenvalue weighted by molar-refractivity contribution is 9.10. The third kappa shape index (κ3) is 14.2. The summed E-state index contributed by atoms with van der Waals surface area (Å²) in [6.07, 6.45) is -2.36. The smallest absolute Gasteiger partial charge is 0.411 e. The summed E-state index contributed by atoms with van der Waals surface area (Å²) in [6, 6.07) is 14.1. The number of ether oxygens (including phenoxy) is 5. The summed E-state index contributed by atoms with van der Waals surface area (Å²) >= 11 is 6.70. The molecule has 13 heteroatoms. The highest BCUT2D eigenvalue weighted by Gasteiger charge is 2.35. The number of benzene rings is 2. The minimum Gasteiger partial charge on any atom is -0.462 e. The van der Waals surface area contributed by atoms with E-state index in [1.807, 2.05) is 13.8 Å². The Bertz CT molecular complexity index is 1240. The van der Waals surface area contributed by atoms with E-state index < -0.39 is 54.5 Å². The molecule has 0 heterocycles. The van der Waals surface area contributed by atoms with E-state index in [2.05, 4.69) is 42.5 Å². The van der Waals surface area contributed by atoms with Crippen molar-refractivity contribution in [2.75, 3.05) is 24.4 Å². The van der Waals surface area contributed by atoms with E-state index >= 15 is 0 Å². The Kier molecular flexibility index (Phi) is 16.4. The second-order valence-corrected chi connectivity index (χ2v) is 12.5. The van der Waals surface area contributed by atoms with Crippen molar-refractivity contribution in [3.8, 4) is 0 Å². The van der Waals surface area contributed by atoms with Crippen LogP contribution in [0.15, 0.2) is 57.5 Å². The van der Waals surface area contributed by atoms with Crippen LogP contribution in [0.4, 0.5) is 21.0 Å². The number of anilines is 2. The van der Waals surface area contributed by atoms with Crippen molar-refractivity contribution in [3.63, 3.8) is 0 Å². The SMILES string of the molecule is CO[C@@H](CC[C@@H](C)[C@@H](OC(C)=O)[C@H](C)[C@@H](CCOC(=O)Nc1ccc(Br)cc1)OC(C)=O)[C@@H](C)OC(=O)Nc1ccc(Br)cc1. The number of amides is 2. The quantitative estimate of drug-likeness (QED) is 0.130. The molecule has 0 unspecified atom stereocenters. The van der Waals surface area contributed by atoms with Gasteiger partial charge in [0.2, 0.25) is 0 Å². The molecule has 248 valence electrons. The van der Waals surface area contributed by atoms with E-state index in [1.165, 1.54) is 21.0 Å². The topological polar surface area (TPSA) is 138 Å². The van der Waals surface area contributed by atoms with Gasteiger partial charge in [-0.05, 0) is 74.2 Å². The Morgan fingerprint density at radius 1 is 0.689 bits per heavy atom. The van der Waals surface area contributed by atoms with E-state index in [4.69, 9.17) is 23.7 Å². The monoisotopic (exact) mass is 756 g/mol. The first-order valence-electron chi connectivity index (χ1n) is 14.6. The Morgan fingerprint density at radius 2 is 1.20 bits per heavy atom. The van der Waals surface area contributed by atoms with E-state index in [1.54, 1.807) is 55.5 Å². The van der Waals surface area contributed by atoms with Gasteiger partial charge in [0.1, 0.15) is 18.3 Å². The van der Waals surface area contributed by atoms with Gasteiger partial charge in [0.25, 0.3) is 0 Å². The van der Waals surface area contributed by atoms with E-state index in [0.717, 1.165) is 8.95 Å². The molecule has 45 heavy (non-hydrogen) atoms. The lowest BCUT2D eigenvalue weighted by Crippen LogP contribution is -2.40. The van der Waals surface area contributed by atoms with Gasteiger partial charge in [-0.3, -0.25) is 20.2 Å². The van der Waals surface area contributed by atoms with Gasteiger partial charge in [-0.2, -0.15) is 0 Å². The number of rotatable bonds is 16. The number of methoxy groups -OCH3 is 1. The maximum absolute atomic E-state index is 12.4. The minimum atomic E-state index is -0.697. The third-order valence-corrected chi connectivity index (χ3v) is 8.18. The minimum absolute atomic E-state index is 0.0330. The van der Waals surface area contributed by atoms with Crippen LogP contribution in [-0.2, 0) is 33.3 Å². The average molecular weight is 759 g/mol. The van der Waals surface area contributed by atoms with Crippen LogP contribution in [0.5, 0.6) is 0 Å². The number of hydrogen-bond donors (Lipinski definition) is 2. The molecule has 2 aromatic carbocycles. The van der Waals surface area contributed by atoms with Crippen molar-refractivity contribution in [1.29, 1.82) is 0 Å². The van der Waals surface area contributed by atoms with Gasteiger partial charge in [-0.25, -0.2) is 9.59 Å². The molecule has 0 radical (unpaired) electrons. The predicted molar refractivity (Wildman–Crippen MR) is 177 cm³/mol. The Hall–Kier alpha value is -3.16. The number of carbonyl (C=O) groups is 4. The van der Waals surface area contributed by atoms with Crippen LogP contribution in [-0.4, -0.2) is 62.3 Å². The molecule has 0 saturated heterocycles. The van der Waals surface area contributed by atoms with Crippen LogP contribution in [0, 0.1) is 11.8 Å². The average Bonchev–Trinajstić information content (AvgIpc) is 2.97. The lowest BCUT2D eigenvalue weighted by atomic mass is 9.84. The van der Waals surface area contributed by atoms with Gasteiger partial charge in [-0.15, -0.1) is 0 Å². The van der Waals surface area contributed by atoms with Crippen molar-refractivity contribution in [2.45, 2.75) is 78.3 Å². The van der Waals surface area contributed by atoms with Gasteiger partial charge >= 0.3 is 24.1 Å². The Labute approximate surface area is 281 Å². The summed E-state index contributed by atoms with van der Waals surface area (Å²) in [5.74, 6) is -1.61. The summed E-state index contributed by atoms with van der Waals surface area (Å²) in [4.78, 5) is 48.8. The largest absolute Gasteiger partial charge is 0.462 e. The molecule has 0 aromatic heterocycles. The summed E-state index contributed by atoms with van der Waals surface area (Å²) in [5, 5.41) is 5.33. The molecule has 2 aromatic rings. The molecule has 2 amide bonds. The van der Waals surface area contributed by atoms with Gasteiger partial charge in [0, 0.05) is 53.6 Å². The normalized spacial score (nSPS) is 14.9. The molecular weight excluding hydrogens is 716 g/mol. The number of hydrogen-bond acceptors (Lipinski definition) is 9. The number of carbonyl (C=O) groups excluding carboxylic acids is 4. The van der Waals surface area contributed by atoms with Gasteiger partial charge < -0.3 is 23.7 Å². The standard InChI is InChI=1S/C32H42Br2N2O9/c1-19(7-16-29(41-6)21(3)43-32(40)36-27-14-10-25(34)11-15-27)30(45-23(5)38)20(2)28(44-22(4)37)17-18-42-31(39)35-26-12-8-24(33)9-13-26/h8-15,19-21,28-30H,7,16-18H2,1-6H3,(H,35,39)(H,36,40)/t19-,20-,21-,28-,29+,30-/m1/s1. The molecule has 2 rings (SSSR count). The highest BCUT2D eigenvalue weighted by Crippen LogP contribution is 2.29. The fourth-order valence-electron chi connectivity index (χ4n) is 4.80. The lowest BCUT2D eigenvalue weighted by Gasteiger charge is -2.34. The second-order valence-electron chi connectivity index (χ2n) is 10.7. The number of halogens is 2. The van der Waals surface area contributed by atoms with Crippen molar-refractivity contribution < 1.29 is 42.9 Å². The van der Waals surface area contributed by atoms with E-state index in [9.17, 15) is 19.2 Å². The van der Waals surface area contributed by atoms with Crippen LogP contribution in [0.1, 0.15) is 53.9 Å². The predicted octanol–water partition coefficient (Wildman–Crippen LogP) is 7.72. The number of nitrogens with one attached hydrogen (secondary N) is 2. The fourth-order valence-corrected chi connectivity index (χ4v) is 5.33. The Balaban J connectivity index is 1.98. The molecule has 0 aliphatic heterocycles. The zero-order chi connectivity index (χ0) is 33.5. The summed E-state index contributed by atoms with van der Waals surface area (Å²) in [6.45, 7) is 8.08. The van der Waals surface area contributed by atoms with Crippen LogP contribution < -0.4 is 10.6 Å². The van der Waals surface area contributed by atoms with Gasteiger partial charge in [-0.1, -0.05) is 45.7 Å². The molecule has 0 bridgehead atoms. The Morgan fingerprint density at radius 3 is 1.69 bits per heavy atom. The first kappa shape index (κ1) is 38.0. The van der Waals surface area contributed by atoms with Crippen molar-refractivity contribution in [1.82, 2.24) is 0 Å². The fraction of sp³-hybridized carbons (Fsp3) is 0.500. The summed E-state index contributed by atoms with van der Waals surface area (Å²) in [7, 11) is 1.54. The first-order chi connectivity index (χ1) is 21.3. The third-order valence-electron chi connectivity index (χ3n) is 7.13. The van der Waals surface area contributed by atoms with Crippen molar-refractivity contribution in [3.05, 3.63) is 57.5 Å². The summed E-state index contributed by atoms with van der Waals surface area (Å²) in [5.41, 5.74) is 1.16. The van der Waals surface area contributed by atoms with Gasteiger partial charge in [0.15, 0.2) is 0 Å². The van der Waals surface area contributed by atoms with Crippen LogP contribution in [0.3, 0.4) is 0 Å². The maximum Gasteiger partial charge on any atom is 0.411 e. The molecule has 0 spiro atoms. The molecular formula is C32H42Br2N2O9. The molecule has 0 saturated carbocycles. The zero-order valence-corrected chi connectivity index (χ0v) is 29.5. The first-order valence-corrected chi connectivity index (χ1v) is 16.2. The molecule has 0 aliphatic carbocycles. The molecule has 2 N–H and O–H groups in total. The molecule has 0 aliphatic rings. The van der Waals surface area contributed by atoms with Crippen LogP contribution in [0.25, 0.3) is 0 Å². The lowest BCUT2D eigenvalue weighted by molar-refractivity contribution is -0.163. The highest BCUT2D eigenvalue weighted by atomic mass is 79.9. The van der Waals surface area contributed by atoms with E-state index in [-0.39, 0.29) is 18.9 Å². The zero-order valence-electron chi connectivity index (χ0n) is 26.3. The van der Waals surface area contributed by atoms with E-state index in [0.29, 0.717) is 24.2 Å². The van der Waals surface area contributed by atoms with Crippen LogP contribution >= 0.6 is 31.9 Å². The summed E-state index contributed by atoms with van der Waals surface area (Å²) < 4.78 is 29.6. The van der Waals surface area contributed by atoms with Crippen LogP contribution in [0.2, 0.25) is 0 Å². The van der Waals surface area contributed by atoms with Gasteiger partial charge in [0.05, 0.1) is 12.7 Å². The molecule has 0 fully saturated rings. The van der Waals surface area contributed by atoms with Crippen molar-refractivity contribution >= 4 is 67.4 Å². The molecule has 6 atom stereocenters. The number of esters is 2.